The van der Waals surface area contributed by atoms with Crippen molar-refractivity contribution in [2.75, 3.05) is 0 Å². The smallest absolute Gasteiger partial charge is 0.303 e. The molecule has 0 atom stereocenters. The molecule has 0 fully saturated rings. The van der Waals surface area contributed by atoms with Gasteiger partial charge in [0, 0.05) is 41.2 Å². The van der Waals surface area contributed by atoms with Crippen LogP contribution in [-0.4, -0.2) is 21.4 Å². The van der Waals surface area contributed by atoms with Crippen LogP contribution < -0.4 is 0 Å². The summed E-state index contributed by atoms with van der Waals surface area (Å²) in [6.07, 6.45) is 2.49. The minimum Gasteiger partial charge on any atom is -0.481 e. The lowest BCUT2D eigenvalue weighted by Crippen LogP contribution is -2.02. The average molecular weight is 307 g/mol. The first-order chi connectivity index (χ1) is 11.2. The molecular formula is C19H17NO3. The zero-order valence-corrected chi connectivity index (χ0v) is 12.6. The Kier molecular flexibility index (Phi) is 4.24. The second-order valence-electron chi connectivity index (χ2n) is 5.45. The number of carbonyl (C=O) groups is 2. The van der Waals surface area contributed by atoms with Gasteiger partial charge in [0.2, 0.25) is 0 Å². The lowest BCUT2D eigenvalue weighted by Gasteiger charge is -2.03. The van der Waals surface area contributed by atoms with Crippen LogP contribution in [0.5, 0.6) is 0 Å². The molecule has 0 amide bonds. The van der Waals surface area contributed by atoms with E-state index in [4.69, 9.17) is 5.11 Å². The molecule has 116 valence electrons. The van der Waals surface area contributed by atoms with Gasteiger partial charge in [0.1, 0.15) is 0 Å². The molecular weight excluding hydrogens is 290 g/mol. The van der Waals surface area contributed by atoms with Crippen molar-refractivity contribution in [2.45, 2.75) is 19.4 Å². The van der Waals surface area contributed by atoms with E-state index < -0.39 is 5.97 Å². The number of carboxylic acid groups (broad SMARTS) is 1. The number of fused-ring (bicyclic) bond motifs is 1. The van der Waals surface area contributed by atoms with E-state index in [0.29, 0.717) is 24.1 Å². The van der Waals surface area contributed by atoms with E-state index >= 15 is 0 Å². The second-order valence-corrected chi connectivity index (χ2v) is 5.45. The van der Waals surface area contributed by atoms with Gasteiger partial charge in [-0.05, 0) is 12.5 Å². The van der Waals surface area contributed by atoms with Crippen molar-refractivity contribution < 1.29 is 14.7 Å². The van der Waals surface area contributed by atoms with Gasteiger partial charge >= 0.3 is 5.97 Å². The highest BCUT2D eigenvalue weighted by atomic mass is 16.4. The Morgan fingerprint density at radius 3 is 2.39 bits per heavy atom. The number of nitrogens with zero attached hydrogens (tertiary/aromatic N) is 1. The summed E-state index contributed by atoms with van der Waals surface area (Å²) < 4.78 is 1.97. The van der Waals surface area contributed by atoms with Crippen molar-refractivity contribution in [3.8, 4) is 0 Å². The highest BCUT2D eigenvalue weighted by Gasteiger charge is 2.16. The predicted octanol–water partition coefficient (Wildman–Crippen LogP) is 3.74. The fourth-order valence-electron chi connectivity index (χ4n) is 2.76. The minimum atomic E-state index is -0.804. The second kappa shape index (κ2) is 6.48. The SMILES string of the molecule is O=C(O)CCCn1cc(C(=O)c2ccccc2)c2ccccc21. The third-order valence-electron chi connectivity index (χ3n) is 3.86. The number of benzene rings is 2. The molecule has 23 heavy (non-hydrogen) atoms. The Balaban J connectivity index is 1.98. The summed E-state index contributed by atoms with van der Waals surface area (Å²) in [5.74, 6) is -0.819. The van der Waals surface area contributed by atoms with E-state index in [1.165, 1.54) is 0 Å². The quantitative estimate of drug-likeness (QED) is 0.706. The molecule has 3 aromatic rings. The molecule has 0 unspecified atom stereocenters. The van der Waals surface area contributed by atoms with Crippen molar-refractivity contribution >= 4 is 22.7 Å². The molecule has 0 bridgehead atoms. The third-order valence-corrected chi connectivity index (χ3v) is 3.86. The van der Waals surface area contributed by atoms with Gasteiger partial charge in [-0.25, -0.2) is 0 Å². The summed E-state index contributed by atoms with van der Waals surface area (Å²) in [7, 11) is 0. The van der Waals surface area contributed by atoms with Crippen molar-refractivity contribution in [1.29, 1.82) is 0 Å². The van der Waals surface area contributed by atoms with Gasteiger partial charge in [0.25, 0.3) is 0 Å². The first-order valence-electron chi connectivity index (χ1n) is 7.56. The molecule has 0 aliphatic carbocycles. The highest BCUT2D eigenvalue weighted by Crippen LogP contribution is 2.24. The van der Waals surface area contributed by atoms with E-state index in [2.05, 4.69) is 0 Å². The maximum atomic E-state index is 12.7. The molecule has 4 nitrogen and oxygen atoms in total. The summed E-state index contributed by atoms with van der Waals surface area (Å²) in [6, 6.07) is 16.9. The largest absolute Gasteiger partial charge is 0.481 e. The molecule has 2 aromatic carbocycles. The number of aryl methyl sites for hydroxylation is 1. The predicted molar refractivity (Wildman–Crippen MR) is 88.7 cm³/mol. The van der Waals surface area contributed by atoms with Gasteiger partial charge in [-0.2, -0.15) is 0 Å². The third kappa shape index (κ3) is 3.16. The van der Waals surface area contributed by atoms with E-state index in [9.17, 15) is 9.59 Å². The molecule has 4 heteroatoms. The van der Waals surface area contributed by atoms with Gasteiger partial charge in [0.15, 0.2) is 5.78 Å². The van der Waals surface area contributed by atoms with Crippen LogP contribution in [0.15, 0.2) is 60.8 Å². The fourth-order valence-corrected chi connectivity index (χ4v) is 2.76. The van der Waals surface area contributed by atoms with E-state index in [0.717, 1.165) is 10.9 Å². The van der Waals surface area contributed by atoms with Crippen molar-refractivity contribution in [3.63, 3.8) is 0 Å². The zero-order valence-electron chi connectivity index (χ0n) is 12.6. The van der Waals surface area contributed by atoms with Crippen molar-refractivity contribution in [3.05, 3.63) is 71.9 Å². The Morgan fingerprint density at radius 1 is 0.957 bits per heavy atom. The maximum Gasteiger partial charge on any atom is 0.303 e. The van der Waals surface area contributed by atoms with Crippen LogP contribution in [-0.2, 0) is 11.3 Å². The summed E-state index contributed by atoms with van der Waals surface area (Å²) in [6.45, 7) is 0.578. The molecule has 0 spiro atoms. The number of carbonyl (C=O) groups excluding carboxylic acids is 1. The van der Waals surface area contributed by atoms with Crippen LogP contribution in [0.2, 0.25) is 0 Å². The van der Waals surface area contributed by atoms with Gasteiger partial charge in [-0.3, -0.25) is 9.59 Å². The Hall–Kier alpha value is -2.88. The summed E-state index contributed by atoms with van der Waals surface area (Å²) >= 11 is 0. The number of ketones is 1. The lowest BCUT2D eigenvalue weighted by molar-refractivity contribution is -0.137. The van der Waals surface area contributed by atoms with Crippen molar-refractivity contribution in [2.24, 2.45) is 0 Å². The summed E-state index contributed by atoms with van der Waals surface area (Å²) in [5.41, 5.74) is 2.26. The van der Waals surface area contributed by atoms with Gasteiger partial charge < -0.3 is 9.67 Å². The first-order valence-corrected chi connectivity index (χ1v) is 7.56. The Labute approximate surface area is 134 Å². The molecule has 0 saturated carbocycles. The average Bonchev–Trinajstić information content (AvgIpc) is 2.94. The van der Waals surface area contributed by atoms with Crippen LogP contribution in [0.1, 0.15) is 28.8 Å². The number of aliphatic carboxylic acids is 1. The molecule has 1 heterocycles. The highest BCUT2D eigenvalue weighted by molar-refractivity contribution is 6.16. The Morgan fingerprint density at radius 2 is 1.65 bits per heavy atom. The minimum absolute atomic E-state index is 0.0150. The molecule has 1 aromatic heterocycles. The molecule has 3 rings (SSSR count). The van der Waals surface area contributed by atoms with Crippen LogP contribution in [0, 0.1) is 0 Å². The van der Waals surface area contributed by atoms with Crippen molar-refractivity contribution in [1.82, 2.24) is 4.57 Å². The molecule has 0 aliphatic rings. The number of rotatable bonds is 6. The van der Waals surface area contributed by atoms with E-state index in [1.807, 2.05) is 53.2 Å². The maximum absolute atomic E-state index is 12.7. The van der Waals surface area contributed by atoms with Gasteiger partial charge in [-0.15, -0.1) is 0 Å². The van der Waals surface area contributed by atoms with Gasteiger partial charge in [0.05, 0.1) is 0 Å². The Bertz CT molecular complexity index is 849. The normalized spacial score (nSPS) is 10.8. The van der Waals surface area contributed by atoms with E-state index in [-0.39, 0.29) is 12.2 Å². The fraction of sp³-hybridized carbons (Fsp3) is 0.158. The number of hydrogen-bond acceptors (Lipinski definition) is 2. The summed E-state index contributed by atoms with van der Waals surface area (Å²) in [4.78, 5) is 23.4. The lowest BCUT2D eigenvalue weighted by atomic mass is 10.0. The standard InChI is InChI=1S/C19H17NO3/c21-18(22)11-6-12-20-13-16(15-9-4-5-10-17(15)20)19(23)14-7-2-1-3-8-14/h1-5,7-10,13H,6,11-12H2,(H,21,22). The molecule has 1 N–H and O–H groups in total. The first kappa shape index (κ1) is 15.0. The molecule has 0 radical (unpaired) electrons. The number of para-hydroxylation sites is 1. The topological polar surface area (TPSA) is 59.3 Å². The summed E-state index contributed by atoms with van der Waals surface area (Å²) in [5, 5.41) is 9.68. The number of hydrogen-bond donors (Lipinski definition) is 1. The van der Waals surface area contributed by atoms with Crippen LogP contribution in [0.25, 0.3) is 10.9 Å². The van der Waals surface area contributed by atoms with E-state index in [1.54, 1.807) is 12.1 Å². The van der Waals surface area contributed by atoms with Gasteiger partial charge in [-0.1, -0.05) is 48.5 Å². The van der Waals surface area contributed by atoms with Crippen LogP contribution in [0.3, 0.4) is 0 Å². The number of aromatic nitrogens is 1. The number of carboxylic acids is 1. The molecule has 0 saturated heterocycles. The molecule has 0 aliphatic heterocycles. The van der Waals surface area contributed by atoms with Crippen LogP contribution >= 0.6 is 0 Å². The van der Waals surface area contributed by atoms with Crippen LogP contribution in [0.4, 0.5) is 0 Å². The monoisotopic (exact) mass is 307 g/mol. The zero-order chi connectivity index (χ0) is 16.2.